The number of hydrogen-bond donors (Lipinski definition) is 0. The van der Waals surface area contributed by atoms with E-state index in [4.69, 9.17) is 32.7 Å². The van der Waals surface area contributed by atoms with E-state index in [1.165, 1.54) is 0 Å². The standard InChI is InChI=1S/C21H22Cl2O3/c1-21(2)17(12-18(22)23)19(21)20(24)25-13-14-7-6-10-16(11-14)26-15-8-4-3-5-9-15/h3-11,17-19H,12-13H2,1-2H3/t17-,19-/m0/s1. The van der Waals surface area contributed by atoms with Gasteiger partial charge in [0.2, 0.25) is 0 Å². The maximum Gasteiger partial charge on any atom is 0.310 e. The highest BCUT2D eigenvalue weighted by Gasteiger charge is 2.62. The van der Waals surface area contributed by atoms with E-state index < -0.39 is 4.84 Å². The fraction of sp³-hybridized carbons (Fsp3) is 0.381. The highest BCUT2D eigenvalue weighted by molar-refractivity contribution is 6.44. The van der Waals surface area contributed by atoms with Crippen molar-refractivity contribution in [1.29, 1.82) is 0 Å². The van der Waals surface area contributed by atoms with Crippen LogP contribution in [0.4, 0.5) is 0 Å². The Bertz CT molecular complexity index is 759. The number of rotatable bonds is 7. The minimum atomic E-state index is -0.455. The zero-order chi connectivity index (χ0) is 18.7. The minimum Gasteiger partial charge on any atom is -0.461 e. The number of esters is 1. The molecule has 1 fully saturated rings. The number of hydrogen-bond acceptors (Lipinski definition) is 3. The molecule has 5 heteroatoms. The van der Waals surface area contributed by atoms with E-state index in [0.29, 0.717) is 12.2 Å². The van der Waals surface area contributed by atoms with Crippen LogP contribution in [0.5, 0.6) is 11.5 Å². The first kappa shape index (κ1) is 19.1. The molecule has 138 valence electrons. The largest absolute Gasteiger partial charge is 0.461 e. The fourth-order valence-corrected chi connectivity index (χ4v) is 3.80. The van der Waals surface area contributed by atoms with E-state index in [-0.39, 0.29) is 29.8 Å². The van der Waals surface area contributed by atoms with Crippen LogP contribution >= 0.6 is 23.2 Å². The van der Waals surface area contributed by atoms with Crippen LogP contribution < -0.4 is 4.74 Å². The third-order valence-corrected chi connectivity index (χ3v) is 5.35. The maximum atomic E-state index is 12.4. The van der Waals surface area contributed by atoms with Crippen LogP contribution in [0, 0.1) is 17.3 Å². The summed E-state index contributed by atoms with van der Waals surface area (Å²) in [6.07, 6.45) is 0.607. The first-order valence-electron chi connectivity index (χ1n) is 8.64. The summed E-state index contributed by atoms with van der Waals surface area (Å²) < 4.78 is 11.3. The molecular formula is C21H22Cl2O3. The summed E-state index contributed by atoms with van der Waals surface area (Å²) in [6, 6.07) is 17.1. The molecule has 1 saturated carbocycles. The number of carbonyl (C=O) groups excluding carboxylic acids is 1. The molecule has 0 N–H and O–H groups in total. The Balaban J connectivity index is 1.57. The third kappa shape index (κ3) is 4.52. The molecule has 3 rings (SSSR count). The van der Waals surface area contributed by atoms with Gasteiger partial charge in [0.1, 0.15) is 22.9 Å². The first-order valence-corrected chi connectivity index (χ1v) is 9.52. The summed E-state index contributed by atoms with van der Waals surface area (Å²) in [4.78, 5) is 12.0. The summed E-state index contributed by atoms with van der Waals surface area (Å²) in [7, 11) is 0. The van der Waals surface area contributed by atoms with Crippen LogP contribution in [0.3, 0.4) is 0 Å². The molecule has 0 heterocycles. The molecule has 2 atom stereocenters. The van der Waals surface area contributed by atoms with Crippen LogP contribution in [-0.2, 0) is 16.1 Å². The SMILES string of the molecule is CC1(C)[C@H](C(=O)OCc2cccc(Oc3ccccc3)c2)[C@@H]1CC(Cl)Cl. The van der Waals surface area contributed by atoms with Gasteiger partial charge in [-0.3, -0.25) is 4.79 Å². The lowest BCUT2D eigenvalue weighted by atomic mass is 10.1. The molecule has 26 heavy (non-hydrogen) atoms. The molecule has 0 spiro atoms. The second-order valence-electron chi connectivity index (χ2n) is 7.20. The Labute approximate surface area is 164 Å². The molecule has 0 aliphatic heterocycles. The van der Waals surface area contributed by atoms with Crippen LogP contribution in [0.25, 0.3) is 0 Å². The second kappa shape index (κ2) is 7.89. The van der Waals surface area contributed by atoms with Crippen molar-refractivity contribution >= 4 is 29.2 Å². The lowest BCUT2D eigenvalue weighted by molar-refractivity contribution is -0.147. The predicted octanol–water partition coefficient (Wildman–Crippen LogP) is 5.99. The third-order valence-electron chi connectivity index (χ3n) is 4.99. The van der Waals surface area contributed by atoms with Crippen LogP contribution in [-0.4, -0.2) is 10.8 Å². The van der Waals surface area contributed by atoms with E-state index in [2.05, 4.69) is 0 Å². The molecule has 1 aliphatic carbocycles. The molecule has 0 radical (unpaired) electrons. The quantitative estimate of drug-likeness (QED) is 0.428. The lowest BCUT2D eigenvalue weighted by Crippen LogP contribution is -2.11. The zero-order valence-electron chi connectivity index (χ0n) is 14.8. The summed E-state index contributed by atoms with van der Waals surface area (Å²) in [5.74, 6) is 1.31. The molecule has 3 nitrogen and oxygen atoms in total. The Kier molecular flexibility index (Phi) is 5.79. The van der Waals surface area contributed by atoms with E-state index in [9.17, 15) is 4.79 Å². The van der Waals surface area contributed by atoms with Gasteiger partial charge in [0.05, 0.1) is 5.92 Å². The summed E-state index contributed by atoms with van der Waals surface area (Å²) in [5.41, 5.74) is 0.770. The predicted molar refractivity (Wildman–Crippen MR) is 104 cm³/mol. The molecule has 0 bridgehead atoms. The van der Waals surface area contributed by atoms with Crippen LogP contribution in [0.15, 0.2) is 54.6 Å². The molecule has 2 aromatic carbocycles. The topological polar surface area (TPSA) is 35.5 Å². The Morgan fingerprint density at radius 2 is 1.77 bits per heavy atom. The van der Waals surface area contributed by atoms with Crippen molar-refractivity contribution in [1.82, 2.24) is 0 Å². The van der Waals surface area contributed by atoms with Crippen molar-refractivity contribution < 1.29 is 14.3 Å². The number of halogens is 2. The normalized spacial score (nSPS) is 20.7. The highest BCUT2D eigenvalue weighted by Crippen LogP contribution is 2.61. The van der Waals surface area contributed by atoms with Crippen molar-refractivity contribution in [3.05, 3.63) is 60.2 Å². The van der Waals surface area contributed by atoms with E-state index >= 15 is 0 Å². The number of alkyl halides is 2. The van der Waals surface area contributed by atoms with Gasteiger partial charge in [0.15, 0.2) is 0 Å². The van der Waals surface area contributed by atoms with Gasteiger partial charge in [0, 0.05) is 0 Å². The van der Waals surface area contributed by atoms with Crippen molar-refractivity contribution in [3.8, 4) is 11.5 Å². The van der Waals surface area contributed by atoms with Crippen LogP contribution in [0.1, 0.15) is 25.8 Å². The van der Waals surface area contributed by atoms with Crippen molar-refractivity contribution in [2.45, 2.75) is 31.7 Å². The van der Waals surface area contributed by atoms with Gasteiger partial charge in [-0.25, -0.2) is 0 Å². The van der Waals surface area contributed by atoms with Crippen LogP contribution in [0.2, 0.25) is 0 Å². The highest BCUT2D eigenvalue weighted by atomic mass is 35.5. The maximum absolute atomic E-state index is 12.4. The number of benzene rings is 2. The molecular weight excluding hydrogens is 371 g/mol. The monoisotopic (exact) mass is 392 g/mol. The van der Waals surface area contributed by atoms with Gasteiger partial charge in [0.25, 0.3) is 0 Å². The minimum absolute atomic E-state index is 0.114. The van der Waals surface area contributed by atoms with Gasteiger partial charge in [-0.15, -0.1) is 23.2 Å². The summed E-state index contributed by atoms with van der Waals surface area (Å²) in [5, 5.41) is 0. The molecule has 2 aromatic rings. The van der Waals surface area contributed by atoms with Gasteiger partial charge >= 0.3 is 5.97 Å². The first-order chi connectivity index (χ1) is 12.4. The summed E-state index contributed by atoms with van der Waals surface area (Å²) in [6.45, 7) is 4.32. The number of ether oxygens (including phenoxy) is 2. The molecule has 0 amide bonds. The average Bonchev–Trinajstić information content (AvgIpc) is 3.13. The number of carbonyl (C=O) groups is 1. The van der Waals surface area contributed by atoms with E-state index in [1.807, 2.05) is 68.4 Å². The van der Waals surface area contributed by atoms with Crippen molar-refractivity contribution in [2.75, 3.05) is 0 Å². The molecule has 0 saturated heterocycles. The van der Waals surface area contributed by atoms with E-state index in [1.54, 1.807) is 0 Å². The van der Waals surface area contributed by atoms with Crippen molar-refractivity contribution in [3.63, 3.8) is 0 Å². The van der Waals surface area contributed by atoms with Gasteiger partial charge < -0.3 is 9.47 Å². The Morgan fingerprint density at radius 1 is 1.08 bits per heavy atom. The van der Waals surface area contributed by atoms with Crippen molar-refractivity contribution in [2.24, 2.45) is 17.3 Å². The average molecular weight is 393 g/mol. The Morgan fingerprint density at radius 3 is 2.46 bits per heavy atom. The Hall–Kier alpha value is -1.71. The fourth-order valence-electron chi connectivity index (χ4n) is 3.41. The number of para-hydroxylation sites is 1. The van der Waals surface area contributed by atoms with Gasteiger partial charge in [-0.1, -0.05) is 44.2 Å². The zero-order valence-corrected chi connectivity index (χ0v) is 16.3. The second-order valence-corrected chi connectivity index (χ2v) is 8.48. The lowest BCUT2D eigenvalue weighted by Gasteiger charge is -2.09. The molecule has 0 unspecified atom stereocenters. The van der Waals surface area contributed by atoms with E-state index in [0.717, 1.165) is 11.3 Å². The molecule has 1 aliphatic rings. The molecule has 0 aromatic heterocycles. The smallest absolute Gasteiger partial charge is 0.310 e. The summed E-state index contributed by atoms with van der Waals surface area (Å²) >= 11 is 11.7. The van der Waals surface area contributed by atoms with Gasteiger partial charge in [-0.2, -0.15) is 0 Å². The van der Waals surface area contributed by atoms with Gasteiger partial charge in [-0.05, 0) is 47.6 Å².